The molecule has 0 aliphatic heterocycles. The normalized spacial score (nSPS) is 12.2. The molecule has 1 atom stereocenters. The number of carbonyl (C=O) groups is 1. The Bertz CT molecular complexity index is 972. The van der Waals surface area contributed by atoms with Gasteiger partial charge in [-0.05, 0) is 42.0 Å². The molecule has 0 spiro atoms. The van der Waals surface area contributed by atoms with Gasteiger partial charge in [-0.1, -0.05) is 48.0 Å². The third-order valence-electron chi connectivity index (χ3n) is 3.92. The van der Waals surface area contributed by atoms with E-state index in [9.17, 15) is 9.90 Å². The number of aromatic hydroxyl groups is 1. The zero-order valence-electron chi connectivity index (χ0n) is 14.1. The maximum Gasteiger partial charge on any atom is 0.262 e. The summed E-state index contributed by atoms with van der Waals surface area (Å²) in [6.07, 6.45) is 1.45. The van der Waals surface area contributed by atoms with Crippen LogP contribution in [0.5, 0.6) is 5.75 Å². The fraction of sp³-hybridized carbons (Fsp3) is 0.100. The van der Waals surface area contributed by atoms with Crippen molar-refractivity contribution < 1.29 is 9.90 Å². The summed E-state index contributed by atoms with van der Waals surface area (Å²) < 4.78 is 0. The van der Waals surface area contributed by atoms with Crippen LogP contribution in [0, 0.1) is 0 Å². The van der Waals surface area contributed by atoms with Crippen LogP contribution in [0.1, 0.15) is 12.5 Å². The molecule has 0 bridgehead atoms. The third-order valence-corrected chi connectivity index (χ3v) is 4.15. The quantitative estimate of drug-likeness (QED) is 0.468. The molecule has 3 aromatic rings. The predicted molar refractivity (Wildman–Crippen MR) is 106 cm³/mol. The van der Waals surface area contributed by atoms with E-state index < -0.39 is 6.04 Å². The molecule has 1 amide bonds. The van der Waals surface area contributed by atoms with E-state index in [2.05, 4.69) is 15.8 Å². The minimum atomic E-state index is -0.508. The van der Waals surface area contributed by atoms with E-state index in [1.54, 1.807) is 31.2 Å². The molecular formula is C20H18ClN3O2. The number of anilines is 1. The smallest absolute Gasteiger partial charge is 0.262 e. The van der Waals surface area contributed by atoms with Crippen molar-refractivity contribution in [2.45, 2.75) is 13.0 Å². The average molecular weight is 368 g/mol. The van der Waals surface area contributed by atoms with Gasteiger partial charge in [0.2, 0.25) is 0 Å². The zero-order valence-corrected chi connectivity index (χ0v) is 14.9. The lowest BCUT2D eigenvalue weighted by Gasteiger charge is -2.13. The summed E-state index contributed by atoms with van der Waals surface area (Å²) in [5.74, 6) is -0.201. The number of hydrogen-bond donors (Lipinski definition) is 3. The first-order valence-electron chi connectivity index (χ1n) is 8.10. The van der Waals surface area contributed by atoms with Gasteiger partial charge in [0.05, 0.1) is 6.21 Å². The number of amides is 1. The summed E-state index contributed by atoms with van der Waals surface area (Å²) >= 11 is 5.93. The van der Waals surface area contributed by atoms with Crippen molar-refractivity contribution in [1.29, 1.82) is 0 Å². The van der Waals surface area contributed by atoms with Crippen LogP contribution < -0.4 is 10.7 Å². The standard InChI is InChI=1S/C20H18ClN3O2/c1-13(23-16-7-4-6-15(21)11-16)20(26)24-22-12-18-17-8-3-2-5-14(17)9-10-19(18)25/h2-13,23,25H,1H3,(H,24,26)/b22-12+. The lowest BCUT2D eigenvalue weighted by molar-refractivity contribution is -0.121. The van der Waals surface area contributed by atoms with E-state index in [0.717, 1.165) is 16.5 Å². The van der Waals surface area contributed by atoms with Crippen molar-refractivity contribution >= 4 is 40.2 Å². The molecule has 132 valence electrons. The first-order valence-corrected chi connectivity index (χ1v) is 8.48. The van der Waals surface area contributed by atoms with Crippen LogP contribution in [0.2, 0.25) is 5.02 Å². The third kappa shape index (κ3) is 4.13. The second kappa shape index (κ2) is 7.89. The van der Waals surface area contributed by atoms with Gasteiger partial charge in [0.15, 0.2) is 0 Å². The maximum atomic E-state index is 12.2. The van der Waals surface area contributed by atoms with Crippen molar-refractivity contribution in [3.05, 3.63) is 71.2 Å². The lowest BCUT2D eigenvalue weighted by atomic mass is 10.0. The summed E-state index contributed by atoms with van der Waals surface area (Å²) in [6.45, 7) is 1.72. The predicted octanol–water partition coefficient (Wildman–Crippen LogP) is 4.15. The summed E-state index contributed by atoms with van der Waals surface area (Å²) in [4.78, 5) is 12.2. The van der Waals surface area contributed by atoms with Crippen LogP contribution in [0.3, 0.4) is 0 Å². The van der Waals surface area contributed by atoms with E-state index in [1.165, 1.54) is 6.21 Å². The molecule has 5 nitrogen and oxygen atoms in total. The van der Waals surface area contributed by atoms with Crippen LogP contribution in [0.4, 0.5) is 5.69 Å². The van der Waals surface area contributed by atoms with Crippen molar-refractivity contribution in [2.75, 3.05) is 5.32 Å². The highest BCUT2D eigenvalue weighted by molar-refractivity contribution is 6.30. The number of halogens is 1. The number of nitrogens with one attached hydrogen (secondary N) is 2. The van der Waals surface area contributed by atoms with Gasteiger partial charge in [0, 0.05) is 16.3 Å². The van der Waals surface area contributed by atoms with Crippen LogP contribution >= 0.6 is 11.6 Å². The van der Waals surface area contributed by atoms with Gasteiger partial charge in [-0.3, -0.25) is 4.79 Å². The van der Waals surface area contributed by atoms with E-state index in [0.29, 0.717) is 10.6 Å². The largest absolute Gasteiger partial charge is 0.507 e. The number of benzene rings is 3. The Labute approximate surface area is 156 Å². The van der Waals surface area contributed by atoms with E-state index >= 15 is 0 Å². The number of nitrogens with zero attached hydrogens (tertiary/aromatic N) is 1. The highest BCUT2D eigenvalue weighted by atomic mass is 35.5. The van der Waals surface area contributed by atoms with Crippen molar-refractivity contribution in [3.63, 3.8) is 0 Å². The molecular weight excluding hydrogens is 350 g/mol. The highest BCUT2D eigenvalue weighted by Gasteiger charge is 2.12. The topological polar surface area (TPSA) is 73.7 Å². The Hall–Kier alpha value is -3.05. The Morgan fingerprint density at radius 1 is 1.15 bits per heavy atom. The van der Waals surface area contributed by atoms with Crippen LogP contribution in [-0.2, 0) is 4.79 Å². The van der Waals surface area contributed by atoms with E-state index in [4.69, 9.17) is 11.6 Å². The minimum Gasteiger partial charge on any atom is -0.507 e. The van der Waals surface area contributed by atoms with Gasteiger partial charge in [-0.2, -0.15) is 5.10 Å². The molecule has 26 heavy (non-hydrogen) atoms. The SMILES string of the molecule is CC(Nc1cccc(Cl)c1)C(=O)N/N=C/c1c(O)ccc2ccccc12. The fourth-order valence-electron chi connectivity index (χ4n) is 2.57. The minimum absolute atomic E-state index is 0.104. The second-order valence-electron chi connectivity index (χ2n) is 5.83. The van der Waals surface area contributed by atoms with E-state index in [1.807, 2.05) is 36.4 Å². The first kappa shape index (κ1) is 17.8. The number of rotatable bonds is 5. The zero-order chi connectivity index (χ0) is 18.5. The molecule has 3 N–H and O–H groups in total. The average Bonchev–Trinajstić information content (AvgIpc) is 2.63. The number of fused-ring (bicyclic) bond motifs is 1. The molecule has 0 fully saturated rings. The molecule has 3 rings (SSSR count). The fourth-order valence-corrected chi connectivity index (χ4v) is 2.76. The van der Waals surface area contributed by atoms with Crippen LogP contribution in [0.15, 0.2) is 65.8 Å². The number of phenols is 1. The van der Waals surface area contributed by atoms with Gasteiger partial charge in [0.1, 0.15) is 11.8 Å². The Kier molecular flexibility index (Phi) is 5.39. The van der Waals surface area contributed by atoms with Crippen molar-refractivity contribution in [2.24, 2.45) is 5.10 Å². The monoisotopic (exact) mass is 367 g/mol. The molecule has 0 heterocycles. The molecule has 6 heteroatoms. The van der Waals surface area contributed by atoms with Gasteiger partial charge < -0.3 is 10.4 Å². The number of phenolic OH excluding ortho intramolecular Hbond substituents is 1. The molecule has 3 aromatic carbocycles. The maximum absolute atomic E-state index is 12.2. The second-order valence-corrected chi connectivity index (χ2v) is 6.27. The summed E-state index contributed by atoms with van der Waals surface area (Å²) in [5.41, 5.74) is 3.78. The first-order chi connectivity index (χ1) is 12.5. The molecule has 1 unspecified atom stereocenters. The molecule has 0 saturated carbocycles. The lowest BCUT2D eigenvalue weighted by Crippen LogP contribution is -2.34. The van der Waals surface area contributed by atoms with Crippen molar-refractivity contribution in [3.8, 4) is 5.75 Å². The Balaban J connectivity index is 1.68. The molecule has 0 saturated heterocycles. The van der Waals surface area contributed by atoms with Crippen LogP contribution in [0.25, 0.3) is 10.8 Å². The van der Waals surface area contributed by atoms with Crippen molar-refractivity contribution in [1.82, 2.24) is 5.43 Å². The van der Waals surface area contributed by atoms with Gasteiger partial charge in [0.25, 0.3) is 5.91 Å². The molecule has 0 aliphatic carbocycles. The van der Waals surface area contributed by atoms with Crippen LogP contribution in [-0.4, -0.2) is 23.3 Å². The van der Waals surface area contributed by atoms with Gasteiger partial charge in [-0.15, -0.1) is 0 Å². The highest BCUT2D eigenvalue weighted by Crippen LogP contribution is 2.25. The Morgan fingerprint density at radius 2 is 1.96 bits per heavy atom. The number of hydrogen-bond acceptors (Lipinski definition) is 4. The van der Waals surface area contributed by atoms with Gasteiger partial charge in [-0.25, -0.2) is 5.43 Å². The molecule has 0 aromatic heterocycles. The number of carbonyl (C=O) groups excluding carboxylic acids is 1. The molecule has 0 radical (unpaired) electrons. The molecule has 0 aliphatic rings. The summed E-state index contributed by atoms with van der Waals surface area (Å²) in [5, 5.41) is 19.5. The van der Waals surface area contributed by atoms with E-state index in [-0.39, 0.29) is 11.7 Å². The number of hydrazone groups is 1. The summed E-state index contributed by atoms with van der Waals surface area (Å²) in [6, 6.07) is 17.7. The van der Waals surface area contributed by atoms with Gasteiger partial charge >= 0.3 is 0 Å². The Morgan fingerprint density at radius 3 is 2.77 bits per heavy atom. The summed E-state index contributed by atoms with van der Waals surface area (Å²) in [7, 11) is 0.